The summed E-state index contributed by atoms with van der Waals surface area (Å²) in [6.07, 6.45) is 1.31. The summed E-state index contributed by atoms with van der Waals surface area (Å²) in [4.78, 5) is 19.8. The van der Waals surface area contributed by atoms with Gasteiger partial charge in [-0.2, -0.15) is 0 Å². The van der Waals surface area contributed by atoms with Crippen molar-refractivity contribution in [1.29, 1.82) is 0 Å². The molecule has 0 aliphatic carbocycles. The molecule has 2 rings (SSSR count). The zero-order valence-corrected chi connectivity index (χ0v) is 11.8. The molecule has 0 fully saturated rings. The number of ether oxygens (including phenoxy) is 2. The number of methoxy groups -OCH3 is 1. The van der Waals surface area contributed by atoms with Crippen LogP contribution in [0.25, 0.3) is 0 Å². The molecule has 1 aromatic heterocycles. The average molecular weight is 287 g/mol. The molecule has 2 aromatic rings. The van der Waals surface area contributed by atoms with Gasteiger partial charge in [0.05, 0.1) is 6.61 Å². The first kappa shape index (κ1) is 14.9. The number of rotatable bonds is 7. The maximum atomic E-state index is 11.8. The molecular weight excluding hydrogens is 270 g/mol. The predicted octanol–water partition coefficient (Wildman–Crippen LogP) is 1.43. The average Bonchev–Trinajstić information content (AvgIpc) is 2.54. The molecule has 0 aliphatic heterocycles. The summed E-state index contributed by atoms with van der Waals surface area (Å²) in [6, 6.07) is 11.3. The van der Waals surface area contributed by atoms with Gasteiger partial charge in [-0.3, -0.25) is 4.79 Å². The summed E-state index contributed by atoms with van der Waals surface area (Å²) < 4.78 is 10.4. The van der Waals surface area contributed by atoms with E-state index in [1.807, 2.05) is 30.3 Å². The second kappa shape index (κ2) is 7.96. The fourth-order valence-electron chi connectivity index (χ4n) is 1.63. The topological polar surface area (TPSA) is 73.3 Å². The Morgan fingerprint density at radius 1 is 1.24 bits per heavy atom. The van der Waals surface area contributed by atoms with E-state index in [0.29, 0.717) is 25.6 Å². The van der Waals surface area contributed by atoms with Gasteiger partial charge in [0.2, 0.25) is 5.88 Å². The van der Waals surface area contributed by atoms with Crippen molar-refractivity contribution in [2.45, 2.75) is 6.61 Å². The number of nitrogens with zero attached hydrogens (tertiary/aromatic N) is 2. The molecular formula is C15H17N3O3. The van der Waals surface area contributed by atoms with Crippen molar-refractivity contribution >= 4 is 5.91 Å². The maximum Gasteiger partial charge on any atom is 0.270 e. The van der Waals surface area contributed by atoms with Crippen molar-refractivity contribution < 1.29 is 14.3 Å². The van der Waals surface area contributed by atoms with Crippen LogP contribution in [-0.2, 0) is 11.3 Å². The Hall–Kier alpha value is -2.47. The number of carbonyl (C=O) groups excluding carboxylic acids is 1. The molecule has 0 atom stereocenters. The highest BCUT2D eigenvalue weighted by Gasteiger charge is 2.08. The summed E-state index contributed by atoms with van der Waals surface area (Å²) in [6.45, 7) is 1.27. The minimum Gasteiger partial charge on any atom is -0.473 e. The smallest absolute Gasteiger partial charge is 0.270 e. The van der Waals surface area contributed by atoms with Crippen molar-refractivity contribution in [2.75, 3.05) is 20.3 Å². The first-order chi connectivity index (χ1) is 10.3. The number of carbonyl (C=O) groups is 1. The van der Waals surface area contributed by atoms with E-state index in [-0.39, 0.29) is 11.6 Å². The zero-order chi connectivity index (χ0) is 14.9. The van der Waals surface area contributed by atoms with Gasteiger partial charge in [0, 0.05) is 19.7 Å². The molecule has 1 aromatic carbocycles. The van der Waals surface area contributed by atoms with Crippen molar-refractivity contribution in [3.8, 4) is 5.88 Å². The Bertz CT molecular complexity index is 575. The van der Waals surface area contributed by atoms with E-state index in [1.165, 1.54) is 12.4 Å². The normalized spacial score (nSPS) is 10.1. The standard InChI is InChI=1S/C15H17N3O3/c1-20-8-7-16-15(19)13-9-14(18-11-17-13)21-10-12-5-3-2-4-6-12/h2-6,9,11H,7-8,10H2,1H3,(H,16,19). The quantitative estimate of drug-likeness (QED) is 0.780. The largest absolute Gasteiger partial charge is 0.473 e. The van der Waals surface area contributed by atoms with Crippen LogP contribution in [0.2, 0.25) is 0 Å². The monoisotopic (exact) mass is 287 g/mol. The molecule has 0 spiro atoms. The fraction of sp³-hybridized carbons (Fsp3) is 0.267. The van der Waals surface area contributed by atoms with Crippen molar-refractivity contribution in [2.24, 2.45) is 0 Å². The Labute approximate surface area is 123 Å². The molecule has 1 heterocycles. The molecule has 0 radical (unpaired) electrons. The third-order valence-corrected chi connectivity index (χ3v) is 2.70. The molecule has 6 heteroatoms. The van der Waals surface area contributed by atoms with Gasteiger partial charge in [0.15, 0.2) is 0 Å². The number of benzene rings is 1. The highest BCUT2D eigenvalue weighted by molar-refractivity contribution is 5.92. The molecule has 21 heavy (non-hydrogen) atoms. The molecule has 6 nitrogen and oxygen atoms in total. The van der Waals surface area contributed by atoms with Gasteiger partial charge in [0.25, 0.3) is 5.91 Å². The summed E-state index contributed by atoms with van der Waals surface area (Å²) in [5.74, 6) is 0.0877. The second-order valence-corrected chi connectivity index (χ2v) is 4.26. The highest BCUT2D eigenvalue weighted by Crippen LogP contribution is 2.10. The lowest BCUT2D eigenvalue weighted by molar-refractivity contribution is 0.0931. The van der Waals surface area contributed by atoms with Crippen molar-refractivity contribution in [3.63, 3.8) is 0 Å². The minimum absolute atomic E-state index is 0.268. The first-order valence-electron chi connectivity index (χ1n) is 6.55. The lowest BCUT2D eigenvalue weighted by Crippen LogP contribution is -2.27. The Kier molecular flexibility index (Phi) is 5.66. The van der Waals surface area contributed by atoms with E-state index >= 15 is 0 Å². The van der Waals surface area contributed by atoms with Crippen LogP contribution in [0.15, 0.2) is 42.7 Å². The van der Waals surface area contributed by atoms with Gasteiger partial charge in [0.1, 0.15) is 18.6 Å². The van der Waals surface area contributed by atoms with Crippen LogP contribution in [0.5, 0.6) is 5.88 Å². The molecule has 0 unspecified atom stereocenters. The molecule has 1 N–H and O–H groups in total. The summed E-state index contributed by atoms with van der Waals surface area (Å²) in [5, 5.41) is 2.69. The van der Waals surface area contributed by atoms with Crippen LogP contribution < -0.4 is 10.1 Å². The number of aromatic nitrogens is 2. The van der Waals surface area contributed by atoms with E-state index < -0.39 is 0 Å². The number of hydrogen-bond acceptors (Lipinski definition) is 5. The van der Waals surface area contributed by atoms with Crippen LogP contribution in [0.4, 0.5) is 0 Å². The van der Waals surface area contributed by atoms with Crippen LogP contribution in [0.1, 0.15) is 16.1 Å². The highest BCUT2D eigenvalue weighted by atomic mass is 16.5. The Balaban J connectivity index is 1.92. The van der Waals surface area contributed by atoms with Gasteiger partial charge >= 0.3 is 0 Å². The van der Waals surface area contributed by atoms with Gasteiger partial charge in [-0.05, 0) is 5.56 Å². The third kappa shape index (κ3) is 4.85. The van der Waals surface area contributed by atoms with Crippen LogP contribution in [0.3, 0.4) is 0 Å². The van der Waals surface area contributed by atoms with E-state index in [2.05, 4.69) is 15.3 Å². The second-order valence-electron chi connectivity index (χ2n) is 4.26. The van der Waals surface area contributed by atoms with Gasteiger partial charge < -0.3 is 14.8 Å². The van der Waals surface area contributed by atoms with E-state index in [1.54, 1.807) is 7.11 Å². The Morgan fingerprint density at radius 2 is 2.05 bits per heavy atom. The third-order valence-electron chi connectivity index (χ3n) is 2.70. The van der Waals surface area contributed by atoms with Gasteiger partial charge in [-0.1, -0.05) is 30.3 Å². The van der Waals surface area contributed by atoms with Crippen LogP contribution in [-0.4, -0.2) is 36.1 Å². The van der Waals surface area contributed by atoms with E-state index in [9.17, 15) is 4.79 Å². The van der Waals surface area contributed by atoms with Crippen molar-refractivity contribution in [3.05, 3.63) is 54.0 Å². The van der Waals surface area contributed by atoms with E-state index in [0.717, 1.165) is 5.56 Å². The number of amides is 1. The predicted molar refractivity (Wildman–Crippen MR) is 77.0 cm³/mol. The summed E-state index contributed by atoms with van der Waals surface area (Å²) in [7, 11) is 1.58. The van der Waals surface area contributed by atoms with Crippen LogP contribution in [0, 0.1) is 0 Å². The molecule has 0 bridgehead atoms. The maximum absolute atomic E-state index is 11.8. The Morgan fingerprint density at radius 3 is 2.81 bits per heavy atom. The first-order valence-corrected chi connectivity index (χ1v) is 6.55. The molecule has 0 aliphatic rings. The molecule has 0 saturated carbocycles. The molecule has 110 valence electrons. The molecule has 1 amide bonds. The SMILES string of the molecule is COCCNC(=O)c1cc(OCc2ccccc2)ncn1. The summed E-state index contributed by atoms with van der Waals surface area (Å²) in [5.41, 5.74) is 1.30. The lowest BCUT2D eigenvalue weighted by atomic mass is 10.2. The van der Waals surface area contributed by atoms with Gasteiger partial charge in [-0.25, -0.2) is 9.97 Å². The van der Waals surface area contributed by atoms with Crippen molar-refractivity contribution in [1.82, 2.24) is 15.3 Å². The number of hydrogen-bond donors (Lipinski definition) is 1. The summed E-state index contributed by atoms with van der Waals surface area (Å²) >= 11 is 0. The fourth-order valence-corrected chi connectivity index (χ4v) is 1.63. The van der Waals surface area contributed by atoms with Crippen LogP contribution >= 0.6 is 0 Å². The van der Waals surface area contributed by atoms with Gasteiger partial charge in [-0.15, -0.1) is 0 Å². The minimum atomic E-state index is -0.279. The van der Waals surface area contributed by atoms with E-state index in [4.69, 9.17) is 9.47 Å². The zero-order valence-electron chi connectivity index (χ0n) is 11.8. The molecule has 0 saturated heterocycles. The lowest BCUT2D eigenvalue weighted by Gasteiger charge is -2.07. The number of nitrogens with one attached hydrogen (secondary N) is 1.